The van der Waals surface area contributed by atoms with Crippen LogP contribution in [0.25, 0.3) is 0 Å². The maximum absolute atomic E-state index is 12.4. The minimum absolute atomic E-state index is 0.119. The van der Waals surface area contributed by atoms with Crippen molar-refractivity contribution < 1.29 is 13.2 Å². The molecule has 1 N–H and O–H groups in total. The van der Waals surface area contributed by atoms with Crippen LogP contribution < -0.4 is 5.32 Å². The fourth-order valence-corrected chi connectivity index (χ4v) is 4.52. The Balaban J connectivity index is 1.88. The van der Waals surface area contributed by atoms with E-state index in [1.165, 1.54) is 16.4 Å². The highest BCUT2D eigenvalue weighted by atomic mass is 35.5. The molecule has 27 heavy (non-hydrogen) atoms. The quantitative estimate of drug-likeness (QED) is 0.631. The van der Waals surface area contributed by atoms with Gasteiger partial charge in [-0.25, -0.2) is 8.42 Å². The molecule has 146 valence electrons. The number of carbonyl (C=O) groups is 1. The van der Waals surface area contributed by atoms with Crippen LogP contribution in [-0.2, 0) is 14.8 Å². The highest BCUT2D eigenvalue weighted by molar-refractivity contribution is 7.99. The van der Waals surface area contributed by atoms with E-state index in [4.69, 9.17) is 11.6 Å². The van der Waals surface area contributed by atoms with Crippen molar-refractivity contribution in [2.45, 2.75) is 36.1 Å². The summed E-state index contributed by atoms with van der Waals surface area (Å²) in [5, 5.41) is 3.47. The zero-order valence-corrected chi connectivity index (χ0v) is 17.9. The van der Waals surface area contributed by atoms with Gasteiger partial charge < -0.3 is 5.32 Å². The molecule has 0 spiro atoms. The number of nitrogens with one attached hydrogen (secondary N) is 1. The van der Waals surface area contributed by atoms with Crippen molar-refractivity contribution in [2.75, 3.05) is 18.1 Å². The number of carbonyl (C=O) groups excluding carboxylic acids is 1. The molecule has 2 aromatic carbocycles. The Morgan fingerprint density at radius 1 is 1.11 bits per heavy atom. The molecular weight excluding hydrogens is 404 g/mol. The van der Waals surface area contributed by atoms with E-state index in [1.807, 2.05) is 38.1 Å². The molecular formula is C19H23ClN2O3S2. The van der Waals surface area contributed by atoms with Crippen molar-refractivity contribution >= 4 is 45.0 Å². The van der Waals surface area contributed by atoms with E-state index in [0.717, 1.165) is 4.90 Å². The van der Waals surface area contributed by atoms with Crippen LogP contribution in [-0.4, -0.2) is 37.5 Å². The van der Waals surface area contributed by atoms with Gasteiger partial charge in [0.1, 0.15) is 0 Å². The highest BCUT2D eigenvalue weighted by Crippen LogP contribution is 2.22. The van der Waals surface area contributed by atoms with Gasteiger partial charge in [0.15, 0.2) is 0 Å². The van der Waals surface area contributed by atoms with E-state index in [9.17, 15) is 13.2 Å². The summed E-state index contributed by atoms with van der Waals surface area (Å²) in [6.45, 7) is 3.63. The third-order valence-corrected chi connectivity index (χ3v) is 7.27. The van der Waals surface area contributed by atoms with Crippen LogP contribution in [0.1, 0.15) is 20.3 Å². The predicted octanol–water partition coefficient (Wildman–Crippen LogP) is 4.49. The standard InChI is InChI=1S/C19H23ClN2O3S2/c1-14(2)22(3)27(24,25)18-10-6-16(7-11-18)21-19(23)12-13-26-17-8-4-15(20)5-9-17/h4-11,14H,12-13H2,1-3H3,(H,21,23). The Kier molecular flexibility index (Phi) is 7.73. The SMILES string of the molecule is CC(C)N(C)S(=O)(=O)c1ccc(NC(=O)CCSc2ccc(Cl)cc2)cc1. The summed E-state index contributed by atoms with van der Waals surface area (Å²) in [6, 6.07) is 13.5. The molecule has 1 amide bonds. The number of anilines is 1. The summed E-state index contributed by atoms with van der Waals surface area (Å²) in [7, 11) is -1.97. The van der Waals surface area contributed by atoms with Crippen LogP contribution in [0.3, 0.4) is 0 Å². The molecule has 2 aromatic rings. The van der Waals surface area contributed by atoms with Crippen molar-refractivity contribution in [1.29, 1.82) is 0 Å². The first-order valence-corrected chi connectivity index (χ1v) is 11.3. The lowest BCUT2D eigenvalue weighted by atomic mass is 10.3. The van der Waals surface area contributed by atoms with Crippen molar-refractivity contribution in [3.8, 4) is 0 Å². The van der Waals surface area contributed by atoms with Crippen molar-refractivity contribution in [2.24, 2.45) is 0 Å². The average molecular weight is 427 g/mol. The normalized spacial score (nSPS) is 11.8. The predicted molar refractivity (Wildman–Crippen MR) is 112 cm³/mol. The van der Waals surface area contributed by atoms with Crippen molar-refractivity contribution in [3.05, 3.63) is 53.6 Å². The molecule has 2 rings (SSSR count). The number of hydrogen-bond acceptors (Lipinski definition) is 4. The van der Waals surface area contributed by atoms with Crippen LogP contribution in [0.4, 0.5) is 5.69 Å². The van der Waals surface area contributed by atoms with E-state index in [0.29, 0.717) is 22.9 Å². The first-order valence-electron chi connectivity index (χ1n) is 8.46. The Hall–Kier alpha value is -1.54. The molecule has 0 heterocycles. The molecule has 0 fully saturated rings. The summed E-state index contributed by atoms with van der Waals surface area (Å²) in [6.07, 6.45) is 0.351. The summed E-state index contributed by atoms with van der Waals surface area (Å²) in [4.78, 5) is 13.3. The molecule has 8 heteroatoms. The fourth-order valence-electron chi connectivity index (χ4n) is 2.17. The molecule has 5 nitrogen and oxygen atoms in total. The monoisotopic (exact) mass is 426 g/mol. The maximum atomic E-state index is 12.4. The molecule has 0 atom stereocenters. The van der Waals surface area contributed by atoms with Gasteiger partial charge in [-0.1, -0.05) is 11.6 Å². The second kappa shape index (κ2) is 9.59. The van der Waals surface area contributed by atoms with Gasteiger partial charge in [0.05, 0.1) is 4.90 Å². The Labute approximate surface area is 170 Å². The number of nitrogens with zero attached hydrogens (tertiary/aromatic N) is 1. The van der Waals surface area contributed by atoms with E-state index >= 15 is 0 Å². The summed E-state index contributed by atoms with van der Waals surface area (Å²) < 4.78 is 26.2. The Morgan fingerprint density at radius 2 is 1.70 bits per heavy atom. The number of rotatable bonds is 8. The molecule has 0 aliphatic rings. The first kappa shape index (κ1) is 21.8. The summed E-state index contributed by atoms with van der Waals surface area (Å²) >= 11 is 7.42. The second-order valence-electron chi connectivity index (χ2n) is 6.24. The summed E-state index contributed by atoms with van der Waals surface area (Å²) in [5.41, 5.74) is 0.572. The van der Waals surface area contributed by atoms with Crippen LogP contribution in [0.5, 0.6) is 0 Å². The average Bonchev–Trinajstić information content (AvgIpc) is 2.63. The second-order valence-corrected chi connectivity index (χ2v) is 9.84. The van der Waals surface area contributed by atoms with Gasteiger partial charge in [-0.3, -0.25) is 4.79 Å². The fraction of sp³-hybridized carbons (Fsp3) is 0.316. The van der Waals surface area contributed by atoms with E-state index < -0.39 is 10.0 Å². The third kappa shape index (κ3) is 6.24. The summed E-state index contributed by atoms with van der Waals surface area (Å²) in [5.74, 6) is 0.519. The minimum Gasteiger partial charge on any atom is -0.326 e. The van der Waals surface area contributed by atoms with E-state index in [-0.39, 0.29) is 16.8 Å². The number of thioether (sulfide) groups is 1. The topological polar surface area (TPSA) is 66.5 Å². The van der Waals surface area contributed by atoms with Gasteiger partial charge in [-0.05, 0) is 62.4 Å². The molecule has 0 radical (unpaired) electrons. The molecule has 0 saturated carbocycles. The minimum atomic E-state index is -3.52. The van der Waals surface area contributed by atoms with Crippen LogP contribution in [0.2, 0.25) is 5.02 Å². The van der Waals surface area contributed by atoms with Gasteiger partial charge >= 0.3 is 0 Å². The zero-order valence-electron chi connectivity index (χ0n) is 15.5. The molecule has 0 aliphatic carbocycles. The third-order valence-electron chi connectivity index (χ3n) is 3.95. The van der Waals surface area contributed by atoms with Crippen LogP contribution >= 0.6 is 23.4 Å². The van der Waals surface area contributed by atoms with Gasteiger partial charge in [0.25, 0.3) is 0 Å². The van der Waals surface area contributed by atoms with Gasteiger partial charge in [-0.2, -0.15) is 4.31 Å². The molecule has 0 saturated heterocycles. The number of hydrogen-bond donors (Lipinski definition) is 1. The smallest absolute Gasteiger partial charge is 0.243 e. The maximum Gasteiger partial charge on any atom is 0.243 e. The Morgan fingerprint density at radius 3 is 2.26 bits per heavy atom. The number of amides is 1. The lowest BCUT2D eigenvalue weighted by molar-refractivity contribution is -0.115. The molecule has 0 unspecified atom stereocenters. The number of benzene rings is 2. The van der Waals surface area contributed by atoms with Crippen LogP contribution in [0, 0.1) is 0 Å². The van der Waals surface area contributed by atoms with Crippen molar-refractivity contribution in [1.82, 2.24) is 4.31 Å². The van der Waals surface area contributed by atoms with Gasteiger partial charge in [-0.15, -0.1) is 11.8 Å². The van der Waals surface area contributed by atoms with E-state index in [2.05, 4.69) is 5.32 Å². The van der Waals surface area contributed by atoms with Gasteiger partial charge in [0.2, 0.25) is 15.9 Å². The van der Waals surface area contributed by atoms with Crippen molar-refractivity contribution in [3.63, 3.8) is 0 Å². The lowest BCUT2D eigenvalue weighted by Gasteiger charge is -2.21. The molecule has 0 aliphatic heterocycles. The number of sulfonamides is 1. The van der Waals surface area contributed by atoms with Gasteiger partial charge in [0, 0.05) is 40.9 Å². The Bertz CT molecular complexity index is 867. The largest absolute Gasteiger partial charge is 0.326 e. The van der Waals surface area contributed by atoms with Crippen LogP contribution in [0.15, 0.2) is 58.3 Å². The first-order chi connectivity index (χ1) is 12.7. The highest BCUT2D eigenvalue weighted by Gasteiger charge is 2.22. The zero-order chi connectivity index (χ0) is 20.0. The molecule has 0 aromatic heterocycles. The molecule has 0 bridgehead atoms. The van der Waals surface area contributed by atoms with E-state index in [1.54, 1.807) is 30.9 Å². The lowest BCUT2D eigenvalue weighted by Crippen LogP contribution is -2.33. The number of halogens is 1.